The van der Waals surface area contributed by atoms with Gasteiger partial charge in [-0.05, 0) is 12.5 Å². The normalized spacial score (nSPS) is 19.6. The van der Waals surface area contributed by atoms with E-state index in [1.165, 1.54) is 0 Å². The molecule has 0 spiro atoms. The molecule has 3 heterocycles. The van der Waals surface area contributed by atoms with Gasteiger partial charge in [0.25, 0.3) is 0 Å². The third-order valence-corrected chi connectivity index (χ3v) is 4.75. The average molecular weight is 356 g/mol. The highest BCUT2D eigenvalue weighted by Crippen LogP contribution is 2.30. The molecule has 1 aromatic carbocycles. The Morgan fingerprint density at radius 1 is 1.23 bits per heavy atom. The highest BCUT2D eigenvalue weighted by atomic mass is 16.5. The Labute approximate surface area is 153 Å². The number of para-hydroxylation sites is 1. The summed E-state index contributed by atoms with van der Waals surface area (Å²) in [5.74, 6) is 2.66. The van der Waals surface area contributed by atoms with Gasteiger partial charge in [-0.2, -0.15) is 4.98 Å². The van der Waals surface area contributed by atoms with E-state index in [1.807, 2.05) is 18.2 Å². The van der Waals surface area contributed by atoms with Crippen LogP contribution in [0.1, 0.15) is 23.6 Å². The number of hydrogen-bond acceptors (Lipinski definition) is 7. The van der Waals surface area contributed by atoms with Crippen molar-refractivity contribution in [3.05, 3.63) is 41.6 Å². The van der Waals surface area contributed by atoms with E-state index in [9.17, 15) is 0 Å². The standard InChI is InChI=1S/C19H24N4O3/c24-8-6-20-19-21-16(15-5-9-25-13-15)11-18(22-19)23-7-10-26-17-4-2-1-3-14(17)12-23/h1-4,11,15,24H,5-10,12-13H2,(H,20,21,22). The van der Waals surface area contributed by atoms with Crippen LogP contribution in [0.5, 0.6) is 5.75 Å². The van der Waals surface area contributed by atoms with Crippen molar-refractivity contribution >= 4 is 11.8 Å². The second-order valence-electron chi connectivity index (χ2n) is 6.56. The van der Waals surface area contributed by atoms with Crippen molar-refractivity contribution in [1.82, 2.24) is 9.97 Å². The highest BCUT2D eigenvalue weighted by molar-refractivity contribution is 5.48. The quantitative estimate of drug-likeness (QED) is 0.845. The summed E-state index contributed by atoms with van der Waals surface area (Å²) in [6, 6.07) is 10.2. The molecule has 7 nitrogen and oxygen atoms in total. The lowest BCUT2D eigenvalue weighted by Crippen LogP contribution is -2.27. The molecule has 0 saturated carbocycles. The zero-order valence-corrected chi connectivity index (χ0v) is 14.7. The molecule has 0 radical (unpaired) electrons. The van der Waals surface area contributed by atoms with E-state index in [0.29, 0.717) is 31.6 Å². The Kier molecular flexibility index (Phi) is 5.17. The molecule has 2 aliphatic rings. The van der Waals surface area contributed by atoms with E-state index in [4.69, 9.17) is 14.6 Å². The first-order valence-corrected chi connectivity index (χ1v) is 9.10. The molecule has 4 rings (SSSR count). The van der Waals surface area contributed by atoms with Gasteiger partial charge in [0.1, 0.15) is 18.2 Å². The van der Waals surface area contributed by atoms with Gasteiger partial charge < -0.3 is 24.8 Å². The molecular weight excluding hydrogens is 332 g/mol. The second-order valence-corrected chi connectivity index (χ2v) is 6.56. The molecule has 1 fully saturated rings. The summed E-state index contributed by atoms with van der Waals surface area (Å²) in [5.41, 5.74) is 2.14. The van der Waals surface area contributed by atoms with E-state index in [-0.39, 0.29) is 6.61 Å². The molecule has 0 aliphatic carbocycles. The number of ether oxygens (including phenoxy) is 2. The number of aromatic nitrogens is 2. The van der Waals surface area contributed by atoms with Gasteiger partial charge in [-0.1, -0.05) is 18.2 Å². The van der Waals surface area contributed by atoms with Crippen LogP contribution >= 0.6 is 0 Å². The van der Waals surface area contributed by atoms with Crippen molar-refractivity contribution in [2.45, 2.75) is 18.9 Å². The Bertz CT molecular complexity index is 749. The molecule has 1 aromatic heterocycles. The smallest absolute Gasteiger partial charge is 0.224 e. The number of benzene rings is 1. The van der Waals surface area contributed by atoms with Crippen LogP contribution in [0.2, 0.25) is 0 Å². The van der Waals surface area contributed by atoms with E-state index < -0.39 is 0 Å². The second kappa shape index (κ2) is 7.88. The summed E-state index contributed by atoms with van der Waals surface area (Å²) in [6.07, 6.45) is 0.974. The van der Waals surface area contributed by atoms with Gasteiger partial charge in [0.05, 0.1) is 25.5 Å². The molecule has 26 heavy (non-hydrogen) atoms. The van der Waals surface area contributed by atoms with Crippen LogP contribution in [0.3, 0.4) is 0 Å². The predicted molar refractivity (Wildman–Crippen MR) is 98.8 cm³/mol. The molecule has 2 aliphatic heterocycles. The van der Waals surface area contributed by atoms with Crippen LogP contribution in [-0.2, 0) is 11.3 Å². The lowest BCUT2D eigenvalue weighted by Gasteiger charge is -2.23. The summed E-state index contributed by atoms with van der Waals surface area (Å²) in [6.45, 7) is 4.05. The van der Waals surface area contributed by atoms with Gasteiger partial charge in [-0.25, -0.2) is 4.98 Å². The van der Waals surface area contributed by atoms with E-state index in [1.54, 1.807) is 0 Å². The van der Waals surface area contributed by atoms with Gasteiger partial charge in [-0.3, -0.25) is 0 Å². The predicted octanol–water partition coefficient (Wildman–Crippen LogP) is 1.78. The van der Waals surface area contributed by atoms with Crippen LogP contribution in [0.25, 0.3) is 0 Å². The number of aliphatic hydroxyl groups is 1. The van der Waals surface area contributed by atoms with Crippen LogP contribution in [-0.4, -0.2) is 54.6 Å². The fraction of sp³-hybridized carbons (Fsp3) is 0.474. The van der Waals surface area contributed by atoms with Crippen LogP contribution < -0.4 is 15.0 Å². The average Bonchev–Trinajstić information content (AvgIpc) is 3.13. The van der Waals surface area contributed by atoms with E-state index in [0.717, 1.165) is 48.9 Å². The van der Waals surface area contributed by atoms with Crippen molar-refractivity contribution in [2.75, 3.05) is 49.7 Å². The first-order valence-electron chi connectivity index (χ1n) is 9.10. The molecule has 138 valence electrons. The summed E-state index contributed by atoms with van der Waals surface area (Å²) >= 11 is 0. The summed E-state index contributed by atoms with van der Waals surface area (Å²) in [7, 11) is 0. The van der Waals surface area contributed by atoms with Crippen LogP contribution in [0.15, 0.2) is 30.3 Å². The number of anilines is 2. The Morgan fingerprint density at radius 3 is 3.00 bits per heavy atom. The molecular formula is C19H24N4O3. The number of fused-ring (bicyclic) bond motifs is 1. The summed E-state index contributed by atoms with van der Waals surface area (Å²) in [4.78, 5) is 11.5. The van der Waals surface area contributed by atoms with Crippen molar-refractivity contribution in [3.63, 3.8) is 0 Å². The van der Waals surface area contributed by atoms with Crippen molar-refractivity contribution in [2.24, 2.45) is 0 Å². The molecule has 1 saturated heterocycles. The third kappa shape index (κ3) is 3.73. The Balaban J connectivity index is 1.64. The van der Waals surface area contributed by atoms with E-state index in [2.05, 4.69) is 32.3 Å². The first-order chi connectivity index (χ1) is 12.8. The fourth-order valence-corrected chi connectivity index (χ4v) is 3.36. The number of rotatable bonds is 5. The summed E-state index contributed by atoms with van der Waals surface area (Å²) < 4.78 is 11.4. The van der Waals surface area contributed by atoms with E-state index >= 15 is 0 Å². The van der Waals surface area contributed by atoms with Gasteiger partial charge in [0.2, 0.25) is 5.95 Å². The van der Waals surface area contributed by atoms with Gasteiger partial charge >= 0.3 is 0 Å². The van der Waals surface area contributed by atoms with Crippen molar-refractivity contribution in [1.29, 1.82) is 0 Å². The highest BCUT2D eigenvalue weighted by Gasteiger charge is 2.23. The number of aliphatic hydroxyl groups excluding tert-OH is 1. The maximum absolute atomic E-state index is 9.11. The largest absolute Gasteiger partial charge is 0.491 e. The SMILES string of the molecule is OCCNc1nc(C2CCOC2)cc(N2CCOc3ccccc3C2)n1. The third-order valence-electron chi connectivity index (χ3n) is 4.75. The molecule has 0 bridgehead atoms. The monoisotopic (exact) mass is 356 g/mol. The maximum Gasteiger partial charge on any atom is 0.224 e. The minimum atomic E-state index is 0.0421. The maximum atomic E-state index is 9.11. The number of nitrogens with zero attached hydrogens (tertiary/aromatic N) is 3. The first kappa shape index (κ1) is 17.1. The minimum Gasteiger partial charge on any atom is -0.491 e. The number of nitrogens with one attached hydrogen (secondary N) is 1. The van der Waals surface area contributed by atoms with Crippen LogP contribution in [0, 0.1) is 0 Å². The van der Waals surface area contributed by atoms with Gasteiger partial charge in [0, 0.05) is 37.2 Å². The zero-order chi connectivity index (χ0) is 17.8. The number of hydrogen-bond donors (Lipinski definition) is 2. The molecule has 1 unspecified atom stereocenters. The van der Waals surface area contributed by atoms with Crippen molar-refractivity contribution < 1.29 is 14.6 Å². The molecule has 0 amide bonds. The lowest BCUT2D eigenvalue weighted by molar-refractivity contribution is 0.193. The van der Waals surface area contributed by atoms with Crippen LogP contribution in [0.4, 0.5) is 11.8 Å². The zero-order valence-electron chi connectivity index (χ0n) is 14.7. The molecule has 1 atom stereocenters. The topological polar surface area (TPSA) is 79.7 Å². The lowest BCUT2D eigenvalue weighted by atomic mass is 10.0. The van der Waals surface area contributed by atoms with Crippen molar-refractivity contribution in [3.8, 4) is 5.75 Å². The molecule has 2 aromatic rings. The molecule has 7 heteroatoms. The van der Waals surface area contributed by atoms with Gasteiger partial charge in [-0.15, -0.1) is 0 Å². The minimum absolute atomic E-state index is 0.0421. The fourth-order valence-electron chi connectivity index (χ4n) is 3.36. The van der Waals surface area contributed by atoms with Gasteiger partial charge in [0.15, 0.2) is 0 Å². The summed E-state index contributed by atoms with van der Waals surface area (Å²) in [5, 5.41) is 12.2. The Hall–Kier alpha value is -2.38. The Morgan fingerprint density at radius 2 is 2.15 bits per heavy atom. The molecule has 2 N–H and O–H groups in total.